The molecule has 1 rings (SSSR count). The summed E-state index contributed by atoms with van der Waals surface area (Å²) in [6.07, 6.45) is -3.15. The van der Waals surface area contributed by atoms with Gasteiger partial charge in [0.15, 0.2) is 18.2 Å². The number of ether oxygens (including phenoxy) is 1. The number of hydrogen-bond acceptors (Lipinski definition) is 6. The fourth-order valence-corrected chi connectivity index (χ4v) is 6.06. The molecule has 1 fully saturated rings. The average Bonchev–Trinajstić information content (AvgIpc) is 2.67. The normalized spacial score (nSPS) is 29.0. The molecule has 0 spiro atoms. The monoisotopic (exact) mass is 506 g/mol. The van der Waals surface area contributed by atoms with Crippen LogP contribution in [-0.4, -0.2) is 158 Å². The van der Waals surface area contributed by atoms with Crippen LogP contribution in [0.25, 0.3) is 0 Å². The van der Waals surface area contributed by atoms with Crippen molar-refractivity contribution in [1.82, 2.24) is 0 Å². The van der Waals surface area contributed by atoms with Crippen LogP contribution >= 0.6 is 0 Å². The number of nitrogens with zero attached hydrogens (tertiary/aromatic N) is 3. The Hall–Kier alpha value is -1.63. The van der Waals surface area contributed by atoms with Gasteiger partial charge in [-0.2, -0.15) is 0 Å². The minimum atomic E-state index is -1.12. The van der Waals surface area contributed by atoms with E-state index in [1.165, 1.54) is 14.0 Å². The number of carbonyl (C=O) groups is 3. The predicted octanol–water partition coefficient (Wildman–Crippen LogP) is -0.754. The lowest BCUT2D eigenvalue weighted by Gasteiger charge is -2.59. The number of likely N-dealkylation sites (N-methyl/N-ethyl adjacent to an activating group) is 3. The lowest BCUT2D eigenvalue weighted by Crippen LogP contribution is -2.80. The zero-order valence-electron chi connectivity index (χ0n) is 22.8. The molecule has 4 N–H and O–H groups in total. The second-order valence-electron chi connectivity index (χ2n) is 12.1. The summed E-state index contributed by atoms with van der Waals surface area (Å²) in [5.74, 6) is -2.62. The molecule has 0 radical (unpaired) electrons. The Balaban J connectivity index is 3.79. The number of ketones is 1. The number of quaternary nitrogens is 3. The van der Waals surface area contributed by atoms with E-state index in [0.29, 0.717) is 6.54 Å². The zero-order valence-corrected chi connectivity index (χ0v) is 22.8. The minimum Gasteiger partial charge on any atom is -0.481 e. The fourth-order valence-electron chi connectivity index (χ4n) is 6.06. The Labute approximate surface area is 209 Å². The molecule has 35 heavy (non-hydrogen) atoms. The summed E-state index contributed by atoms with van der Waals surface area (Å²) in [6.45, 7) is 2.10. The first-order valence-corrected chi connectivity index (χ1v) is 12.1. The van der Waals surface area contributed by atoms with Gasteiger partial charge in [-0.05, 0) is 6.92 Å². The molecule has 0 heterocycles. The van der Waals surface area contributed by atoms with Crippen LogP contribution < -0.4 is 0 Å². The van der Waals surface area contributed by atoms with E-state index < -0.39 is 54.3 Å². The van der Waals surface area contributed by atoms with E-state index in [2.05, 4.69) is 0 Å². The smallest absolute Gasteiger partial charge is 0.309 e. The SMILES string of the molecule is COC(CC(=O)O)C1C([N+](C)(C)C)C(O)C([N+](C)(C)CCC(C)=O)C(O)C1[N+](C)(C)CCC(=O)O. The van der Waals surface area contributed by atoms with E-state index in [-0.39, 0.29) is 45.0 Å². The van der Waals surface area contributed by atoms with E-state index in [1.54, 1.807) is 0 Å². The van der Waals surface area contributed by atoms with E-state index >= 15 is 0 Å². The van der Waals surface area contributed by atoms with Gasteiger partial charge < -0.3 is 38.6 Å². The van der Waals surface area contributed by atoms with E-state index in [9.17, 15) is 34.8 Å². The molecule has 11 heteroatoms. The number of aliphatic carboxylic acids is 2. The van der Waals surface area contributed by atoms with Gasteiger partial charge in [0.25, 0.3) is 0 Å². The Morgan fingerprint density at radius 2 is 1.23 bits per heavy atom. The van der Waals surface area contributed by atoms with E-state index in [1.807, 2.05) is 49.3 Å². The summed E-state index contributed by atoms with van der Waals surface area (Å²) in [4.78, 5) is 34.9. The first-order chi connectivity index (χ1) is 15.8. The Morgan fingerprint density at radius 1 is 0.771 bits per heavy atom. The Morgan fingerprint density at radius 3 is 1.63 bits per heavy atom. The van der Waals surface area contributed by atoms with Gasteiger partial charge in [0.05, 0.1) is 93.7 Å². The van der Waals surface area contributed by atoms with Crippen molar-refractivity contribution >= 4 is 17.7 Å². The molecule has 0 amide bonds. The Kier molecular flexibility index (Phi) is 10.4. The van der Waals surface area contributed by atoms with Crippen LogP contribution in [0.1, 0.15) is 26.2 Å². The zero-order chi connectivity index (χ0) is 27.5. The van der Waals surface area contributed by atoms with Crippen molar-refractivity contribution < 1.29 is 53.0 Å². The minimum absolute atomic E-state index is 0.00652. The van der Waals surface area contributed by atoms with Gasteiger partial charge in [0.1, 0.15) is 17.9 Å². The lowest BCUT2D eigenvalue weighted by atomic mass is 9.67. The van der Waals surface area contributed by atoms with Gasteiger partial charge in [-0.15, -0.1) is 0 Å². The summed E-state index contributed by atoms with van der Waals surface area (Å²) in [5, 5.41) is 42.7. The van der Waals surface area contributed by atoms with Gasteiger partial charge in [-0.25, -0.2) is 0 Å². The van der Waals surface area contributed by atoms with Crippen molar-refractivity contribution in [2.24, 2.45) is 5.92 Å². The highest BCUT2D eigenvalue weighted by atomic mass is 16.5. The highest BCUT2D eigenvalue weighted by Gasteiger charge is 2.66. The van der Waals surface area contributed by atoms with E-state index in [4.69, 9.17) is 4.74 Å². The molecule has 1 aliphatic rings. The Bertz CT molecular complexity index is 764. The van der Waals surface area contributed by atoms with Crippen LogP contribution in [0, 0.1) is 5.92 Å². The molecule has 204 valence electrons. The first kappa shape index (κ1) is 31.4. The number of carbonyl (C=O) groups excluding carboxylic acids is 1. The van der Waals surface area contributed by atoms with Gasteiger partial charge in [0.2, 0.25) is 0 Å². The summed E-state index contributed by atoms with van der Waals surface area (Å²) in [5.41, 5.74) is 0. The van der Waals surface area contributed by atoms with Gasteiger partial charge in [-0.3, -0.25) is 14.4 Å². The highest BCUT2D eigenvalue weighted by Crippen LogP contribution is 2.42. The van der Waals surface area contributed by atoms with Gasteiger partial charge >= 0.3 is 11.9 Å². The number of rotatable bonds is 13. The summed E-state index contributed by atoms with van der Waals surface area (Å²) in [7, 11) is 14.5. The molecule has 7 atom stereocenters. The first-order valence-electron chi connectivity index (χ1n) is 12.1. The average molecular weight is 507 g/mol. The molecule has 0 aromatic carbocycles. The number of carboxylic acid groups (broad SMARTS) is 2. The largest absolute Gasteiger partial charge is 0.481 e. The molecule has 1 aliphatic carbocycles. The van der Waals surface area contributed by atoms with Crippen LogP contribution in [0.15, 0.2) is 0 Å². The molecule has 0 bridgehead atoms. The fraction of sp³-hybridized carbons (Fsp3) is 0.875. The maximum Gasteiger partial charge on any atom is 0.309 e. The number of carboxylic acids is 2. The molecule has 0 aromatic rings. The number of hydrogen-bond donors (Lipinski definition) is 4. The molecule has 0 saturated heterocycles. The second-order valence-corrected chi connectivity index (χ2v) is 12.1. The molecule has 7 unspecified atom stereocenters. The molecular formula is C24H48N3O8+3. The summed E-state index contributed by atoms with van der Waals surface area (Å²) in [6, 6.07) is -1.86. The maximum absolute atomic E-state index is 11.9. The number of aliphatic hydroxyl groups is 2. The molecule has 11 nitrogen and oxygen atoms in total. The van der Waals surface area contributed by atoms with Crippen LogP contribution in [-0.2, 0) is 19.1 Å². The highest BCUT2D eigenvalue weighted by molar-refractivity contribution is 5.75. The number of aliphatic hydroxyl groups excluding tert-OH is 2. The van der Waals surface area contributed by atoms with Gasteiger partial charge in [-0.1, -0.05) is 0 Å². The van der Waals surface area contributed by atoms with Crippen molar-refractivity contribution in [3.8, 4) is 0 Å². The second kappa shape index (κ2) is 11.6. The lowest BCUT2D eigenvalue weighted by molar-refractivity contribution is -0.973. The third kappa shape index (κ3) is 7.68. The number of Topliss-reactive ketones (excluding diaryl/α,β-unsaturated/α-hetero) is 1. The van der Waals surface area contributed by atoms with Crippen molar-refractivity contribution in [3.63, 3.8) is 0 Å². The third-order valence-corrected chi connectivity index (χ3v) is 7.75. The molecule has 1 saturated carbocycles. The molecule has 0 aromatic heterocycles. The molecular weight excluding hydrogens is 458 g/mol. The van der Waals surface area contributed by atoms with Crippen LogP contribution in [0.2, 0.25) is 0 Å². The molecule has 0 aliphatic heterocycles. The predicted molar refractivity (Wildman–Crippen MR) is 129 cm³/mol. The van der Waals surface area contributed by atoms with Gasteiger partial charge in [0, 0.05) is 7.11 Å². The van der Waals surface area contributed by atoms with Crippen molar-refractivity contribution in [1.29, 1.82) is 0 Å². The summed E-state index contributed by atoms with van der Waals surface area (Å²) < 4.78 is 6.24. The standard InChI is InChI=1S/C24H46N3O8/c1-15(28)10-12-27(7,8)22-23(33)20(25(2,3)4)19(16(35-9)14-18(31)32)21(24(22)34)26(5,6)13-11-17(29)30/h16,19-24,33-34H,10-14H2,1-9H3/q+1/p+2. The summed E-state index contributed by atoms with van der Waals surface area (Å²) >= 11 is 0. The topological polar surface area (TPSA) is 141 Å². The van der Waals surface area contributed by atoms with Crippen molar-refractivity contribution in [2.75, 3.05) is 69.5 Å². The van der Waals surface area contributed by atoms with Crippen LogP contribution in [0.5, 0.6) is 0 Å². The van der Waals surface area contributed by atoms with Crippen molar-refractivity contribution in [2.45, 2.75) is 62.6 Å². The van der Waals surface area contributed by atoms with Crippen LogP contribution in [0.3, 0.4) is 0 Å². The third-order valence-electron chi connectivity index (χ3n) is 7.75. The van der Waals surface area contributed by atoms with E-state index in [0.717, 1.165) is 0 Å². The number of methoxy groups -OCH3 is 1. The van der Waals surface area contributed by atoms with Crippen LogP contribution in [0.4, 0.5) is 0 Å². The maximum atomic E-state index is 11.9. The van der Waals surface area contributed by atoms with Crippen molar-refractivity contribution in [3.05, 3.63) is 0 Å². The quantitative estimate of drug-likeness (QED) is 0.239.